The van der Waals surface area contributed by atoms with Crippen LogP contribution in [0.15, 0.2) is 60.7 Å². The Bertz CT molecular complexity index is 1060. The Balaban J connectivity index is 1.39. The number of aryl methyl sites for hydroxylation is 1. The molecule has 1 heterocycles. The lowest BCUT2D eigenvalue weighted by molar-refractivity contribution is -0.145. The van der Waals surface area contributed by atoms with Gasteiger partial charge in [-0.2, -0.15) is 0 Å². The topological polar surface area (TPSA) is 83.6 Å². The predicted molar refractivity (Wildman–Crippen MR) is 119 cm³/mol. The summed E-state index contributed by atoms with van der Waals surface area (Å²) in [5.74, 6) is 5.26. The van der Waals surface area contributed by atoms with Crippen LogP contribution in [0.4, 0.5) is 0 Å². The van der Waals surface area contributed by atoms with E-state index in [1.54, 1.807) is 24.3 Å². The number of carbonyl (C=O) groups is 2. The Morgan fingerprint density at radius 3 is 2.23 bits per heavy atom. The van der Waals surface area contributed by atoms with Gasteiger partial charge in [-0.3, -0.25) is 9.59 Å². The summed E-state index contributed by atoms with van der Waals surface area (Å²) in [6, 6.07) is 18.9. The molecule has 1 unspecified atom stereocenters. The summed E-state index contributed by atoms with van der Waals surface area (Å²) < 4.78 is 25.3. The van der Waals surface area contributed by atoms with Crippen molar-refractivity contribution in [2.75, 3.05) is 13.1 Å². The van der Waals surface area contributed by atoms with Gasteiger partial charge >= 0.3 is 0 Å². The van der Waals surface area contributed by atoms with Crippen molar-refractivity contribution in [2.45, 2.75) is 36.8 Å². The lowest BCUT2D eigenvalue weighted by Gasteiger charge is -2.39. The molecule has 1 N–H and O–H groups in total. The minimum atomic E-state index is -3.56. The van der Waals surface area contributed by atoms with Crippen LogP contribution in [0.25, 0.3) is 0 Å². The van der Waals surface area contributed by atoms with Gasteiger partial charge in [0.05, 0.1) is 12.2 Å². The normalized spacial score (nSPS) is 15.5. The Morgan fingerprint density at radius 1 is 0.968 bits per heavy atom. The number of likely N-dealkylation sites (tertiary alicyclic amines) is 1. The summed E-state index contributed by atoms with van der Waals surface area (Å²) >= 11 is 0. The van der Waals surface area contributed by atoms with Gasteiger partial charge in [0.1, 0.15) is 11.9 Å². The fourth-order valence-corrected chi connectivity index (χ4v) is 5.17. The van der Waals surface area contributed by atoms with Crippen LogP contribution in [0.2, 0.25) is 0 Å². The molecule has 2 amide bonds. The number of nitrogens with one attached hydrogen (secondary N) is 1. The van der Waals surface area contributed by atoms with Crippen LogP contribution in [0.3, 0.4) is 0 Å². The molecule has 7 heteroatoms. The second kappa shape index (κ2) is 10.8. The van der Waals surface area contributed by atoms with E-state index in [-0.39, 0.29) is 30.5 Å². The monoisotopic (exact) mass is 438 g/mol. The van der Waals surface area contributed by atoms with E-state index < -0.39 is 15.2 Å². The van der Waals surface area contributed by atoms with E-state index >= 15 is 0 Å². The number of benzene rings is 2. The maximum Gasteiger partial charge on any atom is 0.239 e. The number of hydrogen-bond acceptors (Lipinski definition) is 4. The maximum atomic E-state index is 12.6. The van der Waals surface area contributed by atoms with Crippen LogP contribution in [0.1, 0.15) is 30.4 Å². The minimum Gasteiger partial charge on any atom is -0.354 e. The van der Waals surface area contributed by atoms with Crippen LogP contribution < -0.4 is 5.32 Å². The van der Waals surface area contributed by atoms with Crippen molar-refractivity contribution in [3.8, 4) is 11.8 Å². The Labute approximate surface area is 183 Å². The highest BCUT2D eigenvalue weighted by Gasteiger charge is 2.45. The van der Waals surface area contributed by atoms with Crippen LogP contribution in [-0.2, 0) is 31.6 Å². The summed E-state index contributed by atoms with van der Waals surface area (Å²) in [6.45, 7) is 0.111. The molecule has 1 aliphatic heterocycles. The summed E-state index contributed by atoms with van der Waals surface area (Å²) in [4.78, 5) is 25.2. The fraction of sp³-hybridized carbons (Fsp3) is 0.333. The van der Waals surface area contributed by atoms with E-state index in [0.717, 1.165) is 17.7 Å². The zero-order valence-corrected chi connectivity index (χ0v) is 18.1. The molecule has 162 valence electrons. The van der Waals surface area contributed by atoms with E-state index in [9.17, 15) is 18.0 Å². The highest BCUT2D eigenvalue weighted by Crippen LogP contribution is 2.26. The van der Waals surface area contributed by atoms with Gasteiger partial charge in [-0.1, -0.05) is 60.7 Å². The van der Waals surface area contributed by atoms with Gasteiger partial charge < -0.3 is 10.2 Å². The number of nitrogens with zero attached hydrogens (tertiary/aromatic N) is 1. The number of β-lactam (4-membered cyclic amide) rings is 1. The Morgan fingerprint density at radius 2 is 1.58 bits per heavy atom. The smallest absolute Gasteiger partial charge is 0.239 e. The summed E-state index contributed by atoms with van der Waals surface area (Å²) in [7, 11) is -3.56. The molecule has 0 saturated carbocycles. The van der Waals surface area contributed by atoms with Gasteiger partial charge in [-0.25, -0.2) is 8.42 Å². The molecule has 0 radical (unpaired) electrons. The SMILES string of the molecule is O=C(CN1C(=O)CC1S(=O)(=O)Cc1ccccc1)NCCC#CCCc1ccccc1. The standard InChI is InChI=1S/C24H26N2O4S/c27-22(25-16-10-2-1-5-11-20-12-6-3-7-13-20)18-26-23(28)17-24(26)31(29,30)19-21-14-8-4-9-15-21/h3-4,6-9,12-15,24H,5,10-11,16-19H2,(H,25,27). The van der Waals surface area contributed by atoms with Crippen LogP contribution >= 0.6 is 0 Å². The van der Waals surface area contributed by atoms with Crippen LogP contribution in [-0.4, -0.2) is 43.6 Å². The van der Waals surface area contributed by atoms with Crippen molar-refractivity contribution < 1.29 is 18.0 Å². The molecule has 3 rings (SSSR count). The Kier molecular flexibility index (Phi) is 7.85. The molecule has 0 aliphatic carbocycles. The quantitative estimate of drug-likeness (QED) is 0.370. The summed E-state index contributed by atoms with van der Waals surface area (Å²) in [6.07, 6.45) is 2.07. The van der Waals surface area contributed by atoms with Gasteiger partial charge in [0.2, 0.25) is 11.8 Å². The van der Waals surface area contributed by atoms with Gasteiger partial charge in [0.25, 0.3) is 0 Å². The third kappa shape index (κ3) is 6.69. The van der Waals surface area contributed by atoms with Crippen LogP contribution in [0.5, 0.6) is 0 Å². The third-order valence-electron chi connectivity index (χ3n) is 5.04. The number of rotatable bonds is 9. The molecule has 6 nitrogen and oxygen atoms in total. The second-order valence-electron chi connectivity index (χ2n) is 7.41. The molecule has 1 fully saturated rings. The summed E-state index contributed by atoms with van der Waals surface area (Å²) in [5, 5.41) is 1.76. The van der Waals surface area contributed by atoms with Crippen molar-refractivity contribution in [1.29, 1.82) is 0 Å². The number of hydrogen-bond donors (Lipinski definition) is 1. The zero-order valence-electron chi connectivity index (χ0n) is 17.3. The molecule has 0 spiro atoms. The van der Waals surface area contributed by atoms with E-state index in [0.29, 0.717) is 18.5 Å². The van der Waals surface area contributed by atoms with Gasteiger partial charge in [-0.15, -0.1) is 11.8 Å². The second-order valence-corrected chi connectivity index (χ2v) is 9.57. The van der Waals surface area contributed by atoms with E-state index in [2.05, 4.69) is 29.3 Å². The average Bonchev–Trinajstić information content (AvgIpc) is 2.76. The first-order chi connectivity index (χ1) is 15.0. The molecule has 2 aromatic carbocycles. The average molecular weight is 439 g/mol. The first kappa shape index (κ1) is 22.6. The van der Waals surface area contributed by atoms with Crippen molar-refractivity contribution in [2.24, 2.45) is 0 Å². The summed E-state index contributed by atoms with van der Waals surface area (Å²) in [5.41, 5.74) is 1.90. The fourth-order valence-electron chi connectivity index (χ4n) is 3.34. The maximum absolute atomic E-state index is 12.6. The minimum absolute atomic E-state index is 0.0741. The van der Waals surface area contributed by atoms with Crippen molar-refractivity contribution in [3.63, 3.8) is 0 Å². The zero-order chi connectivity index (χ0) is 22.1. The van der Waals surface area contributed by atoms with E-state index in [1.807, 2.05) is 24.3 Å². The molecular formula is C24H26N2O4S. The Hall–Kier alpha value is -3.11. The molecular weight excluding hydrogens is 412 g/mol. The van der Waals surface area contributed by atoms with Crippen molar-refractivity contribution in [3.05, 3.63) is 71.8 Å². The number of sulfone groups is 1. The van der Waals surface area contributed by atoms with E-state index in [1.165, 1.54) is 5.56 Å². The lowest BCUT2D eigenvalue weighted by Crippen LogP contribution is -2.59. The van der Waals surface area contributed by atoms with Gasteiger partial charge in [0.15, 0.2) is 9.84 Å². The molecule has 2 aromatic rings. The number of carbonyl (C=O) groups excluding carboxylic acids is 2. The molecule has 1 aliphatic rings. The highest BCUT2D eigenvalue weighted by molar-refractivity contribution is 7.91. The highest BCUT2D eigenvalue weighted by atomic mass is 32.2. The first-order valence-corrected chi connectivity index (χ1v) is 12.0. The number of amides is 2. The van der Waals surface area contributed by atoms with Crippen LogP contribution in [0, 0.1) is 11.8 Å². The van der Waals surface area contributed by atoms with Gasteiger partial charge in [-0.05, 0) is 17.5 Å². The molecule has 1 saturated heterocycles. The first-order valence-electron chi connectivity index (χ1n) is 10.3. The largest absolute Gasteiger partial charge is 0.354 e. The predicted octanol–water partition coefficient (Wildman–Crippen LogP) is 2.30. The third-order valence-corrected chi connectivity index (χ3v) is 7.02. The van der Waals surface area contributed by atoms with Gasteiger partial charge in [0, 0.05) is 19.4 Å². The molecule has 0 bridgehead atoms. The van der Waals surface area contributed by atoms with Crippen molar-refractivity contribution >= 4 is 21.7 Å². The molecule has 0 aromatic heterocycles. The lowest BCUT2D eigenvalue weighted by atomic mass is 10.1. The van der Waals surface area contributed by atoms with Crippen molar-refractivity contribution in [1.82, 2.24) is 10.2 Å². The molecule has 1 atom stereocenters. The van der Waals surface area contributed by atoms with E-state index in [4.69, 9.17) is 0 Å². The molecule has 31 heavy (non-hydrogen) atoms.